The number of carbonyl (C=O) groups is 1. The fraction of sp³-hybridized carbons (Fsp3) is 0.312. The van der Waals surface area contributed by atoms with E-state index in [1.54, 1.807) is 23.6 Å². The normalized spacial score (nSPS) is 11.8. The number of rotatable bonds is 3. The SMILES string of the molecule is CC(C)(C)c1nc2cc(NC(=O)c3csc(CN)n3)ccc2o1. The van der Waals surface area contributed by atoms with Gasteiger partial charge in [-0.2, -0.15) is 0 Å². The van der Waals surface area contributed by atoms with Crippen LogP contribution < -0.4 is 11.1 Å². The summed E-state index contributed by atoms with van der Waals surface area (Å²) in [5.41, 5.74) is 7.78. The standard InChI is InChI=1S/C16H18N4O2S/c1-16(2,3)15-20-10-6-9(4-5-12(10)22-15)18-14(21)11-8-23-13(7-17)19-11/h4-6,8H,7,17H2,1-3H3,(H,18,21). The summed E-state index contributed by atoms with van der Waals surface area (Å²) in [4.78, 5) is 20.9. The number of hydrogen-bond acceptors (Lipinski definition) is 6. The Bertz CT molecular complexity index is 860. The summed E-state index contributed by atoms with van der Waals surface area (Å²) in [6, 6.07) is 5.38. The molecule has 0 spiro atoms. The lowest BCUT2D eigenvalue weighted by Crippen LogP contribution is -2.12. The molecule has 2 aromatic heterocycles. The molecule has 0 unspecified atom stereocenters. The molecule has 0 saturated heterocycles. The van der Waals surface area contributed by atoms with Crippen molar-refractivity contribution >= 4 is 34.0 Å². The van der Waals surface area contributed by atoms with E-state index in [9.17, 15) is 4.79 Å². The van der Waals surface area contributed by atoms with Crippen molar-refractivity contribution in [2.45, 2.75) is 32.7 Å². The zero-order chi connectivity index (χ0) is 16.6. The van der Waals surface area contributed by atoms with E-state index in [-0.39, 0.29) is 11.3 Å². The molecule has 3 N–H and O–H groups in total. The third-order valence-corrected chi connectivity index (χ3v) is 4.12. The number of thiazole rings is 1. The molecule has 0 aliphatic rings. The minimum absolute atomic E-state index is 0.165. The van der Waals surface area contributed by atoms with Crippen molar-refractivity contribution in [1.82, 2.24) is 9.97 Å². The topological polar surface area (TPSA) is 94.0 Å². The Hall–Kier alpha value is -2.25. The van der Waals surface area contributed by atoms with Gasteiger partial charge in [-0.15, -0.1) is 11.3 Å². The Morgan fingerprint density at radius 2 is 2.13 bits per heavy atom. The van der Waals surface area contributed by atoms with Crippen LogP contribution in [0.5, 0.6) is 0 Å². The average Bonchev–Trinajstić information content (AvgIpc) is 3.12. The van der Waals surface area contributed by atoms with Crippen molar-refractivity contribution in [3.63, 3.8) is 0 Å². The van der Waals surface area contributed by atoms with E-state index in [0.29, 0.717) is 34.9 Å². The molecular weight excluding hydrogens is 312 g/mol. The zero-order valence-electron chi connectivity index (χ0n) is 13.2. The summed E-state index contributed by atoms with van der Waals surface area (Å²) in [5.74, 6) is 0.405. The Morgan fingerprint density at radius 3 is 2.78 bits per heavy atom. The fourth-order valence-electron chi connectivity index (χ4n) is 2.03. The van der Waals surface area contributed by atoms with E-state index in [1.165, 1.54) is 11.3 Å². The predicted molar refractivity (Wildman–Crippen MR) is 90.7 cm³/mol. The number of carbonyl (C=O) groups excluding carboxylic acids is 1. The first-order valence-corrected chi connectivity index (χ1v) is 8.11. The number of hydrogen-bond donors (Lipinski definition) is 2. The molecule has 23 heavy (non-hydrogen) atoms. The summed E-state index contributed by atoms with van der Waals surface area (Å²) in [6.07, 6.45) is 0. The van der Waals surface area contributed by atoms with Crippen LogP contribution in [0.1, 0.15) is 42.2 Å². The summed E-state index contributed by atoms with van der Waals surface area (Å²) >= 11 is 1.37. The molecule has 0 aliphatic carbocycles. The molecule has 7 heteroatoms. The molecule has 3 aromatic rings. The molecule has 0 bridgehead atoms. The van der Waals surface area contributed by atoms with Crippen LogP contribution in [0.4, 0.5) is 5.69 Å². The predicted octanol–water partition coefficient (Wildman–Crippen LogP) is 3.29. The number of fused-ring (bicyclic) bond motifs is 1. The highest BCUT2D eigenvalue weighted by Crippen LogP contribution is 2.27. The van der Waals surface area contributed by atoms with Gasteiger partial charge >= 0.3 is 0 Å². The van der Waals surface area contributed by atoms with Gasteiger partial charge in [-0.1, -0.05) is 20.8 Å². The van der Waals surface area contributed by atoms with Gasteiger partial charge in [0.15, 0.2) is 5.58 Å². The molecule has 6 nitrogen and oxygen atoms in total. The van der Waals surface area contributed by atoms with Gasteiger partial charge < -0.3 is 15.5 Å². The third-order valence-electron chi connectivity index (χ3n) is 3.25. The highest BCUT2D eigenvalue weighted by Gasteiger charge is 2.21. The van der Waals surface area contributed by atoms with E-state index in [2.05, 4.69) is 15.3 Å². The number of nitrogens with two attached hydrogens (primary N) is 1. The van der Waals surface area contributed by atoms with Gasteiger partial charge in [0.2, 0.25) is 5.89 Å². The Morgan fingerprint density at radius 1 is 1.35 bits per heavy atom. The van der Waals surface area contributed by atoms with Gasteiger partial charge in [-0.05, 0) is 18.2 Å². The monoisotopic (exact) mass is 330 g/mol. The summed E-state index contributed by atoms with van der Waals surface area (Å²) in [6.45, 7) is 6.45. The first-order chi connectivity index (χ1) is 10.9. The van der Waals surface area contributed by atoms with E-state index >= 15 is 0 Å². The molecule has 0 aliphatic heterocycles. The van der Waals surface area contributed by atoms with Crippen molar-refractivity contribution in [3.05, 3.63) is 40.2 Å². The second kappa shape index (κ2) is 5.75. The number of oxazole rings is 1. The summed E-state index contributed by atoms with van der Waals surface area (Å²) in [5, 5.41) is 5.25. The lowest BCUT2D eigenvalue weighted by Gasteiger charge is -2.11. The van der Waals surface area contributed by atoms with Crippen molar-refractivity contribution in [2.75, 3.05) is 5.32 Å². The molecule has 2 heterocycles. The number of anilines is 1. The average molecular weight is 330 g/mol. The van der Waals surface area contributed by atoms with Crippen molar-refractivity contribution < 1.29 is 9.21 Å². The summed E-state index contributed by atoms with van der Waals surface area (Å²) in [7, 11) is 0. The van der Waals surface area contributed by atoms with Crippen LogP contribution >= 0.6 is 11.3 Å². The van der Waals surface area contributed by atoms with E-state index in [0.717, 1.165) is 5.01 Å². The molecule has 0 saturated carbocycles. The number of benzene rings is 1. The van der Waals surface area contributed by atoms with Gasteiger partial charge in [0.1, 0.15) is 16.2 Å². The quantitative estimate of drug-likeness (QED) is 0.768. The van der Waals surface area contributed by atoms with E-state index in [4.69, 9.17) is 10.2 Å². The number of aromatic nitrogens is 2. The van der Waals surface area contributed by atoms with Gasteiger partial charge in [-0.25, -0.2) is 9.97 Å². The fourth-order valence-corrected chi connectivity index (χ4v) is 2.68. The number of nitrogens with zero attached hydrogens (tertiary/aromatic N) is 2. The highest BCUT2D eigenvalue weighted by molar-refractivity contribution is 7.09. The van der Waals surface area contributed by atoms with E-state index < -0.39 is 0 Å². The second-order valence-corrected chi connectivity index (χ2v) is 7.18. The Labute approximate surface area is 137 Å². The molecule has 0 radical (unpaired) electrons. The van der Waals surface area contributed by atoms with Gasteiger partial charge in [0.25, 0.3) is 5.91 Å². The highest BCUT2D eigenvalue weighted by atomic mass is 32.1. The summed E-state index contributed by atoms with van der Waals surface area (Å²) < 4.78 is 5.75. The van der Waals surface area contributed by atoms with Crippen LogP contribution in [0.15, 0.2) is 28.0 Å². The van der Waals surface area contributed by atoms with Crippen LogP contribution in [-0.4, -0.2) is 15.9 Å². The second-order valence-electron chi connectivity index (χ2n) is 6.24. The minimum atomic E-state index is -0.264. The molecular formula is C16H18N4O2S. The van der Waals surface area contributed by atoms with Crippen LogP contribution in [0.25, 0.3) is 11.1 Å². The Balaban J connectivity index is 1.84. The van der Waals surface area contributed by atoms with Crippen molar-refractivity contribution in [2.24, 2.45) is 5.73 Å². The molecule has 1 amide bonds. The maximum atomic E-state index is 12.2. The van der Waals surface area contributed by atoms with Gasteiger partial charge in [0.05, 0.1) is 0 Å². The first kappa shape index (κ1) is 15.6. The van der Waals surface area contributed by atoms with Crippen molar-refractivity contribution in [1.29, 1.82) is 0 Å². The molecule has 3 rings (SSSR count). The number of amides is 1. The van der Waals surface area contributed by atoms with Crippen molar-refractivity contribution in [3.8, 4) is 0 Å². The lowest BCUT2D eigenvalue weighted by atomic mass is 9.97. The van der Waals surface area contributed by atoms with Crippen LogP contribution in [0.2, 0.25) is 0 Å². The largest absolute Gasteiger partial charge is 0.440 e. The van der Waals surface area contributed by atoms with Gasteiger partial charge in [-0.3, -0.25) is 4.79 Å². The first-order valence-electron chi connectivity index (χ1n) is 7.24. The zero-order valence-corrected chi connectivity index (χ0v) is 14.0. The Kier molecular flexibility index (Phi) is 3.91. The van der Waals surface area contributed by atoms with Gasteiger partial charge in [0, 0.05) is 23.0 Å². The van der Waals surface area contributed by atoms with Crippen LogP contribution in [0, 0.1) is 0 Å². The molecule has 0 fully saturated rings. The van der Waals surface area contributed by atoms with Crippen LogP contribution in [-0.2, 0) is 12.0 Å². The van der Waals surface area contributed by atoms with E-state index in [1.807, 2.05) is 20.8 Å². The molecule has 0 atom stereocenters. The molecule has 120 valence electrons. The lowest BCUT2D eigenvalue weighted by molar-refractivity contribution is 0.102. The maximum absolute atomic E-state index is 12.2. The maximum Gasteiger partial charge on any atom is 0.275 e. The molecule has 1 aromatic carbocycles. The number of nitrogens with one attached hydrogen (secondary N) is 1. The minimum Gasteiger partial charge on any atom is -0.440 e. The smallest absolute Gasteiger partial charge is 0.275 e. The third kappa shape index (κ3) is 3.25. The van der Waals surface area contributed by atoms with Crippen LogP contribution in [0.3, 0.4) is 0 Å².